The predicted octanol–water partition coefficient (Wildman–Crippen LogP) is 1.35. The third kappa shape index (κ3) is 6.64. The van der Waals surface area contributed by atoms with Crippen molar-refractivity contribution in [1.82, 2.24) is 10.2 Å². The molecule has 3 N–H and O–H groups in total. The van der Waals surface area contributed by atoms with Crippen molar-refractivity contribution in [3.05, 3.63) is 35.9 Å². The minimum absolute atomic E-state index is 0. The molecule has 1 atom stereocenters. The van der Waals surface area contributed by atoms with Crippen LogP contribution in [0.2, 0.25) is 0 Å². The minimum atomic E-state index is -3.47. The van der Waals surface area contributed by atoms with Crippen LogP contribution in [0.1, 0.15) is 24.8 Å². The number of guanidine groups is 1. The van der Waals surface area contributed by atoms with Gasteiger partial charge in [0.2, 0.25) is 10.0 Å². The maximum absolute atomic E-state index is 11.0. The standard InChI is InChI=1S/C15H24N4O2S.HI/c1-2-17-15(18-9-11-22(16,20)21)19-10-8-14(12-19)13-6-4-3-5-7-13;/h3-7,14H,2,8-12H2,1H3,(H,17,18)(H2,16,20,21);1H. The van der Waals surface area contributed by atoms with Crippen molar-refractivity contribution in [3.63, 3.8) is 0 Å². The molecule has 1 aromatic carbocycles. The lowest BCUT2D eigenvalue weighted by atomic mass is 9.99. The second kappa shape index (κ2) is 9.43. The number of nitrogens with two attached hydrogens (primary N) is 1. The van der Waals surface area contributed by atoms with E-state index >= 15 is 0 Å². The molecule has 0 bridgehead atoms. The largest absolute Gasteiger partial charge is 0.357 e. The van der Waals surface area contributed by atoms with Gasteiger partial charge in [0, 0.05) is 25.6 Å². The van der Waals surface area contributed by atoms with E-state index in [1.54, 1.807) is 0 Å². The van der Waals surface area contributed by atoms with Crippen LogP contribution in [-0.4, -0.2) is 51.2 Å². The second-order valence-electron chi connectivity index (χ2n) is 5.44. The highest BCUT2D eigenvalue weighted by molar-refractivity contribution is 14.0. The lowest BCUT2D eigenvalue weighted by molar-refractivity contribution is 0.487. The molecule has 1 aromatic rings. The first-order valence-corrected chi connectivity index (χ1v) is 9.30. The van der Waals surface area contributed by atoms with Crippen LogP contribution in [0.5, 0.6) is 0 Å². The molecule has 23 heavy (non-hydrogen) atoms. The SMILES string of the molecule is CCNC(=NCCS(N)(=O)=O)N1CCC(c2ccccc2)C1.I. The van der Waals surface area contributed by atoms with Crippen LogP contribution in [0.15, 0.2) is 35.3 Å². The molecule has 0 aromatic heterocycles. The molecule has 1 aliphatic heterocycles. The number of rotatable bonds is 5. The quantitative estimate of drug-likeness (QED) is 0.401. The first-order valence-electron chi connectivity index (χ1n) is 7.58. The highest BCUT2D eigenvalue weighted by Crippen LogP contribution is 2.26. The summed E-state index contributed by atoms with van der Waals surface area (Å²) in [6.07, 6.45) is 1.07. The summed E-state index contributed by atoms with van der Waals surface area (Å²) in [4.78, 5) is 6.57. The van der Waals surface area contributed by atoms with Crippen LogP contribution < -0.4 is 10.5 Å². The van der Waals surface area contributed by atoms with Crippen molar-refractivity contribution in [1.29, 1.82) is 0 Å². The maximum Gasteiger partial charge on any atom is 0.210 e. The van der Waals surface area contributed by atoms with Gasteiger partial charge in [-0.1, -0.05) is 30.3 Å². The average molecular weight is 452 g/mol. The van der Waals surface area contributed by atoms with E-state index in [9.17, 15) is 8.42 Å². The van der Waals surface area contributed by atoms with Gasteiger partial charge < -0.3 is 10.2 Å². The zero-order chi connectivity index (χ0) is 16.0. The lowest BCUT2D eigenvalue weighted by Crippen LogP contribution is -2.40. The van der Waals surface area contributed by atoms with E-state index in [4.69, 9.17) is 5.14 Å². The Hall–Kier alpha value is -0.870. The molecule has 0 spiro atoms. The van der Waals surface area contributed by atoms with Crippen LogP contribution in [0.4, 0.5) is 0 Å². The molecule has 1 saturated heterocycles. The number of hydrogen-bond acceptors (Lipinski definition) is 3. The molecular formula is C15H25IN4O2S. The van der Waals surface area contributed by atoms with Gasteiger partial charge >= 0.3 is 0 Å². The molecule has 6 nitrogen and oxygen atoms in total. The molecule has 0 saturated carbocycles. The highest BCUT2D eigenvalue weighted by atomic mass is 127. The zero-order valence-electron chi connectivity index (χ0n) is 13.3. The average Bonchev–Trinajstić information content (AvgIpc) is 2.96. The van der Waals surface area contributed by atoms with Crippen molar-refractivity contribution in [2.45, 2.75) is 19.3 Å². The van der Waals surface area contributed by atoms with Crippen LogP contribution in [0, 0.1) is 0 Å². The van der Waals surface area contributed by atoms with Gasteiger partial charge in [-0.25, -0.2) is 13.6 Å². The van der Waals surface area contributed by atoms with Crippen molar-refractivity contribution in [2.24, 2.45) is 10.1 Å². The Balaban J connectivity index is 0.00000264. The number of halogens is 1. The van der Waals surface area contributed by atoms with Gasteiger partial charge in [-0.2, -0.15) is 0 Å². The van der Waals surface area contributed by atoms with Crippen molar-refractivity contribution >= 4 is 40.0 Å². The van der Waals surface area contributed by atoms with Gasteiger partial charge in [-0.15, -0.1) is 24.0 Å². The topological polar surface area (TPSA) is 87.8 Å². The minimum Gasteiger partial charge on any atom is -0.357 e. The summed E-state index contributed by atoms with van der Waals surface area (Å²) in [5, 5.41) is 8.24. The fourth-order valence-electron chi connectivity index (χ4n) is 2.65. The van der Waals surface area contributed by atoms with Gasteiger partial charge in [0.15, 0.2) is 5.96 Å². The smallest absolute Gasteiger partial charge is 0.210 e. The van der Waals surface area contributed by atoms with E-state index in [0.717, 1.165) is 32.0 Å². The monoisotopic (exact) mass is 452 g/mol. The first-order chi connectivity index (χ1) is 10.5. The third-order valence-electron chi connectivity index (χ3n) is 3.73. The number of aliphatic imine (C=N–C) groups is 1. The van der Waals surface area contributed by atoms with Crippen molar-refractivity contribution in [2.75, 3.05) is 31.9 Å². The molecule has 8 heteroatoms. The summed E-state index contributed by atoms with van der Waals surface area (Å²) in [5.41, 5.74) is 1.34. The van der Waals surface area contributed by atoms with Gasteiger partial charge in [-0.3, -0.25) is 4.99 Å². The fraction of sp³-hybridized carbons (Fsp3) is 0.533. The van der Waals surface area contributed by atoms with Gasteiger partial charge in [0.25, 0.3) is 0 Å². The molecule has 1 fully saturated rings. The zero-order valence-corrected chi connectivity index (χ0v) is 16.5. The number of nitrogens with one attached hydrogen (secondary N) is 1. The molecule has 1 unspecified atom stereocenters. The lowest BCUT2D eigenvalue weighted by Gasteiger charge is -2.21. The molecule has 1 aliphatic rings. The van der Waals surface area contributed by atoms with Crippen LogP contribution in [0.3, 0.4) is 0 Å². The van der Waals surface area contributed by atoms with Crippen LogP contribution >= 0.6 is 24.0 Å². The van der Waals surface area contributed by atoms with Crippen molar-refractivity contribution < 1.29 is 8.42 Å². The van der Waals surface area contributed by atoms with Gasteiger partial charge in [0.05, 0.1) is 12.3 Å². The Labute approximate surface area is 155 Å². The summed E-state index contributed by atoms with van der Waals surface area (Å²) >= 11 is 0. The Morgan fingerprint density at radius 2 is 2.09 bits per heavy atom. The molecular weight excluding hydrogens is 427 g/mol. The Morgan fingerprint density at radius 3 is 2.70 bits per heavy atom. The fourth-order valence-corrected chi connectivity index (χ4v) is 3.00. The molecule has 1 heterocycles. The van der Waals surface area contributed by atoms with Crippen molar-refractivity contribution in [3.8, 4) is 0 Å². The van der Waals surface area contributed by atoms with Crippen LogP contribution in [0.25, 0.3) is 0 Å². The molecule has 0 aliphatic carbocycles. The number of benzene rings is 1. The van der Waals surface area contributed by atoms with Crippen LogP contribution in [-0.2, 0) is 10.0 Å². The van der Waals surface area contributed by atoms with E-state index in [2.05, 4.69) is 39.5 Å². The highest BCUT2D eigenvalue weighted by Gasteiger charge is 2.25. The van der Waals surface area contributed by atoms with E-state index in [1.807, 2.05) is 13.0 Å². The summed E-state index contributed by atoms with van der Waals surface area (Å²) in [5.74, 6) is 1.13. The van der Waals surface area contributed by atoms with E-state index in [-0.39, 0.29) is 36.3 Å². The van der Waals surface area contributed by atoms with E-state index in [1.165, 1.54) is 5.56 Å². The summed E-state index contributed by atoms with van der Waals surface area (Å²) in [6, 6.07) is 10.4. The second-order valence-corrected chi connectivity index (χ2v) is 7.18. The molecule has 2 rings (SSSR count). The van der Waals surface area contributed by atoms with E-state index in [0.29, 0.717) is 5.92 Å². The van der Waals surface area contributed by atoms with Gasteiger partial charge in [-0.05, 0) is 18.9 Å². The van der Waals surface area contributed by atoms with E-state index < -0.39 is 10.0 Å². The molecule has 0 amide bonds. The summed E-state index contributed by atoms with van der Waals surface area (Å²) < 4.78 is 22.0. The number of hydrogen-bond donors (Lipinski definition) is 2. The summed E-state index contributed by atoms with van der Waals surface area (Å²) in [7, 11) is -3.47. The Bertz CT molecular complexity index is 607. The first kappa shape index (κ1) is 20.2. The number of likely N-dealkylation sites (tertiary alicyclic amines) is 1. The Kier molecular flexibility index (Phi) is 8.27. The predicted molar refractivity (Wildman–Crippen MR) is 105 cm³/mol. The normalized spacial score (nSPS) is 18.6. The number of sulfonamides is 1. The Morgan fingerprint density at radius 1 is 1.39 bits per heavy atom. The molecule has 0 radical (unpaired) electrons. The third-order valence-corrected chi connectivity index (χ3v) is 4.48. The number of primary sulfonamides is 1. The maximum atomic E-state index is 11.0. The molecule has 130 valence electrons. The number of nitrogens with zero attached hydrogens (tertiary/aromatic N) is 2. The summed E-state index contributed by atoms with van der Waals surface area (Å²) in [6.45, 7) is 4.75. The van der Waals surface area contributed by atoms with Gasteiger partial charge in [0.1, 0.15) is 0 Å².